The van der Waals surface area contributed by atoms with Gasteiger partial charge in [-0.1, -0.05) is 17.7 Å². The van der Waals surface area contributed by atoms with E-state index in [1.54, 1.807) is 41.7 Å². The van der Waals surface area contributed by atoms with Crippen LogP contribution >= 0.6 is 11.6 Å². The van der Waals surface area contributed by atoms with E-state index in [-0.39, 0.29) is 45.0 Å². The van der Waals surface area contributed by atoms with Crippen LogP contribution in [0.15, 0.2) is 42.7 Å². The Bertz CT molecular complexity index is 2140. The van der Waals surface area contributed by atoms with E-state index in [9.17, 15) is 14.4 Å². The number of nitrogens with one attached hydrogen (secondary N) is 1. The topological polar surface area (TPSA) is 150 Å². The molecule has 2 aromatic carbocycles. The average Bonchev–Trinajstić information content (AvgIpc) is 3.79. The van der Waals surface area contributed by atoms with Crippen molar-refractivity contribution in [3.63, 3.8) is 0 Å². The molecule has 2 aromatic heterocycles. The fraction of sp³-hybridized carbons (Fsp3) is 0.450. The summed E-state index contributed by atoms with van der Waals surface area (Å²) in [6, 6.07) is 7.47. The number of hydrogen-bond donors (Lipinski definition) is 1. The van der Waals surface area contributed by atoms with Crippen LogP contribution in [0.3, 0.4) is 0 Å². The maximum Gasteiger partial charge on any atom is 0.292 e. The molecule has 15 nitrogen and oxygen atoms in total. The molecule has 2 fully saturated rings. The second kappa shape index (κ2) is 18.6. The summed E-state index contributed by atoms with van der Waals surface area (Å²) in [5.41, 5.74) is 1.04. The number of likely N-dealkylation sites (tertiary alicyclic amines) is 1. The number of amides is 3. The minimum atomic E-state index is -1.09. The van der Waals surface area contributed by atoms with Gasteiger partial charge in [-0.25, -0.2) is 13.8 Å². The van der Waals surface area contributed by atoms with E-state index in [1.165, 1.54) is 55.4 Å². The second-order valence-electron chi connectivity index (χ2n) is 14.8. The zero-order chi connectivity index (χ0) is 42.4. The Hall–Kier alpha value is -5.23. The minimum absolute atomic E-state index is 0.0292. The maximum atomic E-state index is 15.5. The van der Waals surface area contributed by atoms with Crippen molar-refractivity contribution in [2.24, 2.45) is 7.05 Å². The van der Waals surface area contributed by atoms with Gasteiger partial charge in [0.05, 0.1) is 76.1 Å². The lowest BCUT2D eigenvalue weighted by Crippen LogP contribution is -2.62. The molecule has 0 saturated carbocycles. The van der Waals surface area contributed by atoms with Crippen molar-refractivity contribution >= 4 is 41.5 Å². The highest BCUT2D eigenvalue weighted by Gasteiger charge is 2.47. The lowest BCUT2D eigenvalue weighted by Gasteiger charge is -2.45. The monoisotopic (exact) mass is 827 g/mol. The summed E-state index contributed by atoms with van der Waals surface area (Å²) in [6.07, 6.45) is 4.08. The number of carbonyl (C=O) groups excluding carboxylic acids is 4. The van der Waals surface area contributed by atoms with Crippen molar-refractivity contribution in [2.45, 2.75) is 31.9 Å². The first-order valence-corrected chi connectivity index (χ1v) is 19.0. The first-order valence-electron chi connectivity index (χ1n) is 18.7. The number of methoxy groups -OCH3 is 3. The van der Waals surface area contributed by atoms with Gasteiger partial charge in [0.1, 0.15) is 0 Å². The number of nitrogens with zero attached hydrogens (tertiary/aromatic N) is 7. The van der Waals surface area contributed by atoms with Gasteiger partial charge in [-0.15, -0.1) is 0 Å². The highest BCUT2D eigenvalue weighted by molar-refractivity contribution is 6.34. The standard InChI is InChI=1S/C38H45ClF2N8O5.C2H4O2/c1-24-29(22-43-48(24)17-20-53-5)26-9-10-28(33(41)32(26)40)31-23-42-34(45(31)2)35(50)44-25-7-8-27(30(39)21-25)36(51)46-13-15-47(16-14-46)37(52)38(54-6)11-18-49(3,4)19-12-38;1-4-2-3/h7-10,21-23H,11-20H2,1-6H3;2H,1H3/p+1. The highest BCUT2D eigenvalue weighted by Crippen LogP contribution is 2.34. The lowest BCUT2D eigenvalue weighted by molar-refractivity contribution is -0.897. The SMILES string of the molecule is COC=O.COCCn1ncc(-c2ccc(-c3cnc(C(=O)Nc4ccc(C(=O)N5CCN(C(=O)C6(OC)CC[N+](C)(C)CC6)CC5)c(Cl)c4)n3C)c(F)c2F)c1C. The van der Waals surface area contributed by atoms with Gasteiger partial charge in [-0.2, -0.15) is 5.10 Å². The summed E-state index contributed by atoms with van der Waals surface area (Å²) >= 11 is 6.56. The lowest BCUT2D eigenvalue weighted by atomic mass is 9.88. The number of piperazine rings is 1. The molecular weight excluding hydrogens is 778 g/mol. The van der Waals surface area contributed by atoms with E-state index in [1.807, 2.05) is 0 Å². The molecule has 0 spiro atoms. The third kappa shape index (κ3) is 9.22. The molecule has 58 heavy (non-hydrogen) atoms. The predicted molar refractivity (Wildman–Crippen MR) is 212 cm³/mol. The zero-order valence-corrected chi connectivity index (χ0v) is 34.6. The van der Waals surface area contributed by atoms with E-state index in [4.69, 9.17) is 25.9 Å². The molecule has 3 amide bonds. The van der Waals surface area contributed by atoms with Gasteiger partial charge >= 0.3 is 0 Å². The van der Waals surface area contributed by atoms with Gasteiger partial charge in [0.25, 0.3) is 24.2 Å². The van der Waals surface area contributed by atoms with Gasteiger partial charge in [0.15, 0.2) is 23.1 Å². The fourth-order valence-corrected chi connectivity index (χ4v) is 7.43. The molecule has 0 atom stereocenters. The Morgan fingerprint density at radius 1 is 0.948 bits per heavy atom. The maximum absolute atomic E-state index is 15.5. The molecule has 6 rings (SSSR count). The Balaban J connectivity index is 0.00000153. The van der Waals surface area contributed by atoms with Crippen molar-refractivity contribution < 1.29 is 46.7 Å². The molecule has 312 valence electrons. The van der Waals surface area contributed by atoms with Gasteiger partial charge in [-0.3, -0.25) is 23.9 Å². The molecule has 4 aromatic rings. The number of rotatable bonds is 11. The molecule has 0 aliphatic carbocycles. The van der Waals surface area contributed by atoms with Crippen LogP contribution in [-0.4, -0.2) is 145 Å². The number of halogens is 3. The number of piperidine rings is 1. The van der Waals surface area contributed by atoms with Gasteiger partial charge < -0.3 is 38.4 Å². The van der Waals surface area contributed by atoms with E-state index >= 15 is 8.78 Å². The fourth-order valence-electron chi connectivity index (χ4n) is 7.17. The summed E-state index contributed by atoms with van der Waals surface area (Å²) in [6.45, 7) is 6.17. The van der Waals surface area contributed by atoms with Crippen LogP contribution in [0.1, 0.15) is 39.5 Å². The summed E-state index contributed by atoms with van der Waals surface area (Å²) in [4.78, 5) is 56.9. The molecule has 4 heterocycles. The molecule has 0 radical (unpaired) electrons. The van der Waals surface area contributed by atoms with E-state index < -0.39 is 23.1 Å². The van der Waals surface area contributed by atoms with Gasteiger partial charge in [0, 0.05) is 88.4 Å². The van der Waals surface area contributed by atoms with E-state index in [0.29, 0.717) is 75.6 Å². The van der Waals surface area contributed by atoms with Crippen molar-refractivity contribution in [1.29, 1.82) is 0 Å². The number of aromatic nitrogens is 4. The average molecular weight is 828 g/mol. The predicted octanol–water partition coefficient (Wildman–Crippen LogP) is 4.42. The third-order valence-corrected chi connectivity index (χ3v) is 11.2. The molecule has 0 unspecified atom stereocenters. The molecule has 1 N–H and O–H groups in total. The minimum Gasteiger partial charge on any atom is -0.471 e. The quantitative estimate of drug-likeness (QED) is 0.171. The Labute approximate surface area is 341 Å². The summed E-state index contributed by atoms with van der Waals surface area (Å²) in [7, 11) is 10.3. The number of hydrogen-bond acceptors (Lipinski definition) is 9. The Morgan fingerprint density at radius 3 is 2.17 bits per heavy atom. The van der Waals surface area contributed by atoms with Crippen LogP contribution in [0.4, 0.5) is 14.5 Å². The van der Waals surface area contributed by atoms with Gasteiger partial charge in [-0.05, 0) is 31.2 Å². The zero-order valence-electron chi connectivity index (χ0n) is 33.8. The number of carbonyl (C=O) groups is 4. The number of imidazole rings is 1. The van der Waals surface area contributed by atoms with Crippen molar-refractivity contribution in [2.75, 3.05) is 86.6 Å². The summed E-state index contributed by atoms with van der Waals surface area (Å²) in [5.74, 6) is -3.12. The Kier molecular flexibility index (Phi) is 14.1. The number of quaternary nitrogens is 1. The van der Waals surface area contributed by atoms with Crippen LogP contribution < -0.4 is 5.32 Å². The molecule has 2 aliphatic rings. The summed E-state index contributed by atoms with van der Waals surface area (Å²) in [5, 5.41) is 7.12. The highest BCUT2D eigenvalue weighted by atomic mass is 35.5. The second-order valence-corrected chi connectivity index (χ2v) is 15.2. The van der Waals surface area contributed by atoms with E-state index in [2.05, 4.69) is 34.2 Å². The van der Waals surface area contributed by atoms with Crippen LogP contribution in [-0.2, 0) is 37.4 Å². The molecule has 18 heteroatoms. The Morgan fingerprint density at radius 2 is 1.57 bits per heavy atom. The van der Waals surface area contributed by atoms with Crippen LogP contribution in [0.2, 0.25) is 5.02 Å². The van der Waals surface area contributed by atoms with Crippen molar-refractivity contribution in [1.82, 2.24) is 29.1 Å². The normalized spacial score (nSPS) is 16.0. The molecular formula is C40H50ClF2N8O7+. The summed E-state index contributed by atoms with van der Waals surface area (Å²) < 4.78 is 49.7. The molecule has 2 saturated heterocycles. The first-order chi connectivity index (χ1) is 27.6. The number of ether oxygens (including phenoxy) is 3. The smallest absolute Gasteiger partial charge is 0.292 e. The van der Waals surface area contributed by atoms with Crippen LogP contribution in [0, 0.1) is 18.6 Å². The number of anilines is 1. The van der Waals surface area contributed by atoms with E-state index in [0.717, 1.165) is 17.6 Å². The van der Waals surface area contributed by atoms with Crippen molar-refractivity contribution in [3.8, 4) is 22.4 Å². The van der Waals surface area contributed by atoms with Crippen LogP contribution in [0.25, 0.3) is 22.4 Å². The molecule has 2 aliphatic heterocycles. The molecule has 0 bridgehead atoms. The van der Waals surface area contributed by atoms with Crippen molar-refractivity contribution in [3.05, 3.63) is 76.5 Å². The largest absolute Gasteiger partial charge is 0.471 e. The number of benzene rings is 2. The van der Waals surface area contributed by atoms with Crippen LogP contribution in [0.5, 0.6) is 0 Å². The first kappa shape index (κ1) is 43.9. The van der Waals surface area contributed by atoms with Gasteiger partial charge in [0.2, 0.25) is 0 Å². The third-order valence-electron chi connectivity index (χ3n) is 10.9.